The highest BCUT2D eigenvalue weighted by Gasteiger charge is 2.07. The van der Waals surface area contributed by atoms with Crippen molar-refractivity contribution < 1.29 is 9.59 Å². The molecule has 0 aliphatic heterocycles. The van der Waals surface area contributed by atoms with E-state index in [-0.39, 0.29) is 24.7 Å². The minimum absolute atomic E-state index is 0.106. The van der Waals surface area contributed by atoms with Gasteiger partial charge < -0.3 is 11.1 Å². The summed E-state index contributed by atoms with van der Waals surface area (Å²) in [6.07, 6.45) is 3.84. The smallest absolute Gasteiger partial charge is 0.228 e. The number of hydrogen-bond donors (Lipinski definition) is 2. The van der Waals surface area contributed by atoms with Crippen LogP contribution in [0.4, 0.5) is 5.69 Å². The minimum Gasteiger partial charge on any atom is -0.369 e. The highest BCUT2D eigenvalue weighted by molar-refractivity contribution is 5.92. The van der Waals surface area contributed by atoms with Crippen LogP contribution in [0.2, 0.25) is 0 Å². The van der Waals surface area contributed by atoms with Crippen LogP contribution in [0.5, 0.6) is 0 Å². The Balaban J connectivity index is 1.39. The van der Waals surface area contributed by atoms with Gasteiger partial charge in [0.25, 0.3) is 0 Å². The van der Waals surface area contributed by atoms with Gasteiger partial charge in [-0.25, -0.2) is 9.50 Å². The summed E-state index contributed by atoms with van der Waals surface area (Å²) in [4.78, 5) is 27.5. The van der Waals surface area contributed by atoms with Gasteiger partial charge in [-0.15, -0.1) is 0 Å². The van der Waals surface area contributed by atoms with E-state index in [1.165, 1.54) is 6.33 Å². The van der Waals surface area contributed by atoms with Gasteiger partial charge in [-0.1, -0.05) is 36.4 Å². The zero-order chi connectivity index (χ0) is 20.2. The number of amides is 2. The third-order valence-corrected chi connectivity index (χ3v) is 4.55. The van der Waals surface area contributed by atoms with Gasteiger partial charge in [0.05, 0.1) is 12.8 Å². The van der Waals surface area contributed by atoms with Gasteiger partial charge in [-0.2, -0.15) is 5.10 Å². The van der Waals surface area contributed by atoms with Crippen molar-refractivity contribution in [2.45, 2.75) is 12.8 Å². The molecule has 2 aromatic carbocycles. The Bertz CT molecular complexity index is 1160. The molecule has 0 fully saturated rings. The summed E-state index contributed by atoms with van der Waals surface area (Å²) in [7, 11) is 0. The molecule has 29 heavy (non-hydrogen) atoms. The van der Waals surface area contributed by atoms with Gasteiger partial charge in [0, 0.05) is 11.9 Å². The second kappa shape index (κ2) is 7.93. The van der Waals surface area contributed by atoms with E-state index in [0.29, 0.717) is 5.69 Å². The minimum atomic E-state index is -0.383. The Morgan fingerprint density at radius 2 is 1.59 bits per heavy atom. The van der Waals surface area contributed by atoms with Crippen LogP contribution in [0, 0.1) is 0 Å². The summed E-state index contributed by atoms with van der Waals surface area (Å²) in [6, 6.07) is 18.9. The van der Waals surface area contributed by atoms with Gasteiger partial charge >= 0.3 is 0 Å². The number of nitrogens with two attached hydrogens (primary N) is 1. The number of primary amides is 1. The van der Waals surface area contributed by atoms with Crippen molar-refractivity contribution in [1.82, 2.24) is 14.6 Å². The molecule has 0 saturated carbocycles. The highest BCUT2D eigenvalue weighted by Crippen LogP contribution is 2.21. The Hall–Kier alpha value is -4.00. The van der Waals surface area contributed by atoms with E-state index in [1.807, 2.05) is 42.6 Å². The number of nitrogens with one attached hydrogen (secondary N) is 1. The molecule has 2 amide bonds. The van der Waals surface area contributed by atoms with E-state index in [1.54, 1.807) is 28.8 Å². The number of benzene rings is 2. The van der Waals surface area contributed by atoms with E-state index in [2.05, 4.69) is 15.4 Å². The summed E-state index contributed by atoms with van der Waals surface area (Å²) >= 11 is 0. The lowest BCUT2D eigenvalue weighted by molar-refractivity contribution is -0.117. The van der Waals surface area contributed by atoms with Crippen molar-refractivity contribution in [3.8, 4) is 11.1 Å². The molecule has 4 rings (SSSR count). The first-order valence-corrected chi connectivity index (χ1v) is 9.13. The average Bonchev–Trinajstić information content (AvgIpc) is 3.17. The number of aromatic nitrogens is 3. The van der Waals surface area contributed by atoms with Crippen LogP contribution < -0.4 is 11.1 Å². The Morgan fingerprint density at radius 3 is 2.31 bits per heavy atom. The van der Waals surface area contributed by atoms with Crippen molar-refractivity contribution in [3.63, 3.8) is 0 Å². The molecule has 2 heterocycles. The first kappa shape index (κ1) is 18.4. The van der Waals surface area contributed by atoms with Gasteiger partial charge in [-0.3, -0.25) is 9.59 Å². The molecule has 0 aliphatic rings. The summed E-state index contributed by atoms with van der Waals surface area (Å²) in [6.45, 7) is 0. The van der Waals surface area contributed by atoms with Gasteiger partial charge in [0.2, 0.25) is 11.8 Å². The van der Waals surface area contributed by atoms with E-state index in [4.69, 9.17) is 5.73 Å². The second-order valence-corrected chi connectivity index (χ2v) is 6.74. The van der Waals surface area contributed by atoms with Crippen LogP contribution in [0.15, 0.2) is 73.2 Å². The number of pyridine rings is 1. The topological polar surface area (TPSA) is 102 Å². The molecule has 0 atom stereocenters. The maximum Gasteiger partial charge on any atom is 0.228 e. The van der Waals surface area contributed by atoms with Gasteiger partial charge in [0.1, 0.15) is 6.33 Å². The maximum absolute atomic E-state index is 12.3. The predicted molar refractivity (Wildman–Crippen MR) is 110 cm³/mol. The van der Waals surface area contributed by atoms with Crippen LogP contribution >= 0.6 is 0 Å². The van der Waals surface area contributed by atoms with E-state index >= 15 is 0 Å². The van der Waals surface area contributed by atoms with E-state index in [0.717, 1.165) is 27.9 Å². The largest absolute Gasteiger partial charge is 0.369 e. The van der Waals surface area contributed by atoms with Crippen LogP contribution in [-0.4, -0.2) is 26.4 Å². The lowest BCUT2D eigenvalue weighted by Gasteiger charge is -2.07. The van der Waals surface area contributed by atoms with Crippen LogP contribution in [0.1, 0.15) is 11.1 Å². The van der Waals surface area contributed by atoms with E-state index in [9.17, 15) is 9.59 Å². The van der Waals surface area contributed by atoms with Crippen molar-refractivity contribution in [1.29, 1.82) is 0 Å². The lowest BCUT2D eigenvalue weighted by atomic mass is 10.0. The van der Waals surface area contributed by atoms with Crippen molar-refractivity contribution in [3.05, 3.63) is 84.3 Å². The molecule has 7 heteroatoms. The molecule has 2 aromatic heterocycles. The molecule has 3 N–H and O–H groups in total. The summed E-state index contributed by atoms with van der Waals surface area (Å²) in [5.41, 5.74) is 10.5. The van der Waals surface area contributed by atoms with Crippen molar-refractivity contribution >= 4 is 23.1 Å². The maximum atomic E-state index is 12.3. The summed E-state index contributed by atoms with van der Waals surface area (Å²) in [5, 5.41) is 6.95. The van der Waals surface area contributed by atoms with Gasteiger partial charge in [0.15, 0.2) is 5.65 Å². The number of hydrogen-bond acceptors (Lipinski definition) is 4. The number of nitrogens with zero attached hydrogens (tertiary/aromatic N) is 3. The zero-order valence-corrected chi connectivity index (χ0v) is 15.6. The van der Waals surface area contributed by atoms with Gasteiger partial charge in [-0.05, 0) is 46.5 Å². The molecular formula is C22H19N5O2. The second-order valence-electron chi connectivity index (χ2n) is 6.74. The Labute approximate surface area is 167 Å². The summed E-state index contributed by atoms with van der Waals surface area (Å²) in [5.74, 6) is -0.489. The number of carbonyl (C=O) groups is 2. The van der Waals surface area contributed by atoms with Crippen molar-refractivity contribution in [2.75, 3.05) is 5.32 Å². The summed E-state index contributed by atoms with van der Waals surface area (Å²) < 4.78 is 1.71. The monoisotopic (exact) mass is 385 g/mol. The highest BCUT2D eigenvalue weighted by atomic mass is 16.1. The first-order valence-electron chi connectivity index (χ1n) is 9.13. The van der Waals surface area contributed by atoms with Crippen LogP contribution in [0.25, 0.3) is 16.8 Å². The first-order chi connectivity index (χ1) is 14.1. The molecule has 144 valence electrons. The normalized spacial score (nSPS) is 10.8. The fraction of sp³-hybridized carbons (Fsp3) is 0.0909. The fourth-order valence-corrected chi connectivity index (χ4v) is 3.11. The molecular weight excluding hydrogens is 366 g/mol. The number of carbonyl (C=O) groups excluding carboxylic acids is 2. The molecule has 7 nitrogen and oxygen atoms in total. The molecule has 0 saturated heterocycles. The quantitative estimate of drug-likeness (QED) is 0.532. The zero-order valence-electron chi connectivity index (χ0n) is 15.6. The SMILES string of the molecule is NC(=O)Cc1ccc(NC(=O)Cc2ccc(-c3ccn4ncnc4c3)cc2)cc1. The van der Waals surface area contributed by atoms with Crippen molar-refractivity contribution in [2.24, 2.45) is 5.73 Å². The van der Waals surface area contributed by atoms with Crippen LogP contribution in [0.3, 0.4) is 0 Å². The average molecular weight is 385 g/mol. The van der Waals surface area contributed by atoms with E-state index < -0.39 is 0 Å². The number of rotatable bonds is 6. The Kier molecular flexibility index (Phi) is 5.03. The lowest BCUT2D eigenvalue weighted by Crippen LogP contribution is -2.15. The molecule has 0 radical (unpaired) electrons. The molecule has 0 bridgehead atoms. The fourth-order valence-electron chi connectivity index (χ4n) is 3.11. The standard InChI is InChI=1S/C22H19N5O2/c23-20(28)11-15-3-7-19(8-4-15)26-22(29)12-16-1-5-17(6-2-16)18-9-10-27-21(13-18)24-14-25-27/h1-10,13-14H,11-12H2,(H2,23,28)(H,26,29). The molecule has 0 spiro atoms. The Morgan fingerprint density at radius 1 is 0.897 bits per heavy atom. The number of fused-ring (bicyclic) bond motifs is 1. The third-order valence-electron chi connectivity index (χ3n) is 4.55. The third kappa shape index (κ3) is 4.47. The van der Waals surface area contributed by atoms with Crippen LogP contribution in [-0.2, 0) is 22.4 Å². The molecule has 0 unspecified atom stereocenters. The molecule has 0 aliphatic carbocycles. The predicted octanol–water partition coefficient (Wildman–Crippen LogP) is 2.61. The number of anilines is 1. The molecule has 4 aromatic rings.